The molecule has 0 saturated heterocycles. The van der Waals surface area contributed by atoms with Crippen LogP contribution in [0.3, 0.4) is 0 Å². The molecule has 1 aliphatic heterocycles. The van der Waals surface area contributed by atoms with Gasteiger partial charge in [0.2, 0.25) is 0 Å². The van der Waals surface area contributed by atoms with Crippen LogP contribution in [-0.2, 0) is 13.0 Å². The molecule has 0 atom stereocenters. The number of ether oxygens (including phenoxy) is 1. The molecule has 4 aromatic rings. The number of hydrogen-bond donors (Lipinski definition) is 3. The first kappa shape index (κ1) is 24.9. The van der Waals surface area contributed by atoms with E-state index in [2.05, 4.69) is 16.9 Å². The smallest absolute Gasteiger partial charge is 0.353 e. The number of fused-ring (bicyclic) bond motifs is 3. The fourth-order valence-electron chi connectivity index (χ4n) is 4.99. The highest BCUT2D eigenvalue weighted by atomic mass is 19.1. The van der Waals surface area contributed by atoms with Crippen LogP contribution in [0.2, 0.25) is 0 Å². The molecule has 0 spiro atoms. The van der Waals surface area contributed by atoms with Crippen molar-refractivity contribution in [2.45, 2.75) is 26.3 Å². The van der Waals surface area contributed by atoms with Crippen molar-refractivity contribution in [3.8, 4) is 16.9 Å². The number of carbonyl (C=O) groups is 2. The van der Waals surface area contributed by atoms with E-state index in [-0.39, 0.29) is 63.3 Å². The summed E-state index contributed by atoms with van der Waals surface area (Å²) in [6, 6.07) is 6.70. The number of aromatic carboxylic acids is 1. The van der Waals surface area contributed by atoms with Crippen molar-refractivity contribution < 1.29 is 28.2 Å². The third-order valence-electron chi connectivity index (χ3n) is 6.66. The van der Waals surface area contributed by atoms with Crippen LogP contribution in [-0.4, -0.2) is 33.1 Å². The van der Waals surface area contributed by atoms with Crippen molar-refractivity contribution in [3.63, 3.8) is 0 Å². The number of carbonyl (C=O) groups excluding carboxylic acids is 1. The fourth-order valence-corrected chi connectivity index (χ4v) is 4.99. The lowest BCUT2D eigenvalue weighted by Crippen LogP contribution is -2.19. The summed E-state index contributed by atoms with van der Waals surface area (Å²) in [5, 5.41) is 13.0. The lowest BCUT2D eigenvalue weighted by Gasteiger charge is -2.20. The summed E-state index contributed by atoms with van der Waals surface area (Å²) in [7, 11) is 0. The molecule has 3 heterocycles. The summed E-state index contributed by atoms with van der Waals surface area (Å²) >= 11 is 0. The number of rotatable bonds is 6. The number of halogens is 2. The molecule has 0 radical (unpaired) electrons. The molecule has 0 aliphatic carbocycles. The van der Waals surface area contributed by atoms with Gasteiger partial charge in [0.25, 0.3) is 11.5 Å². The lowest BCUT2D eigenvalue weighted by atomic mass is 9.97. The molecule has 8 nitrogen and oxygen atoms in total. The standard InChI is InChI=1S/C28H23F2N3O5/c1-3-31-27(35)18-11-15(19(29)10-14(18)2)13-33-21-12-20(30)16-7-5-9-38-25(16)23(21)22(24(33)28(36)37)17-6-4-8-32-26(17)34/h3-4,6,8,10-12H,1,5,7,9,13H2,2H3,(H,31,35)(H,32,34)(H,36,37). The number of aromatic nitrogens is 2. The van der Waals surface area contributed by atoms with E-state index < -0.39 is 29.1 Å². The highest BCUT2D eigenvalue weighted by molar-refractivity contribution is 6.11. The Kier molecular flexibility index (Phi) is 6.31. The van der Waals surface area contributed by atoms with Gasteiger partial charge in [-0.05, 0) is 61.9 Å². The Morgan fingerprint density at radius 1 is 1.26 bits per heavy atom. The van der Waals surface area contributed by atoms with Crippen molar-refractivity contribution in [1.29, 1.82) is 0 Å². The van der Waals surface area contributed by atoms with E-state index in [0.29, 0.717) is 18.4 Å². The molecule has 2 aromatic carbocycles. The van der Waals surface area contributed by atoms with Crippen molar-refractivity contribution in [2.24, 2.45) is 0 Å². The van der Waals surface area contributed by atoms with Crippen LogP contribution in [0.25, 0.3) is 22.0 Å². The number of benzene rings is 2. The van der Waals surface area contributed by atoms with Gasteiger partial charge in [-0.3, -0.25) is 9.59 Å². The predicted octanol–water partition coefficient (Wildman–Crippen LogP) is 4.53. The minimum Gasteiger partial charge on any atom is -0.492 e. The lowest BCUT2D eigenvalue weighted by molar-refractivity contribution is 0.0686. The number of aryl methyl sites for hydroxylation is 1. The van der Waals surface area contributed by atoms with Crippen LogP contribution in [0.15, 0.2) is 54.1 Å². The molecule has 2 aromatic heterocycles. The van der Waals surface area contributed by atoms with Crippen LogP contribution in [0, 0.1) is 18.6 Å². The van der Waals surface area contributed by atoms with Gasteiger partial charge >= 0.3 is 5.97 Å². The largest absolute Gasteiger partial charge is 0.492 e. The third kappa shape index (κ3) is 4.03. The molecular weight excluding hydrogens is 496 g/mol. The molecule has 0 unspecified atom stereocenters. The van der Waals surface area contributed by atoms with Crippen molar-refractivity contribution in [1.82, 2.24) is 14.9 Å². The summed E-state index contributed by atoms with van der Waals surface area (Å²) in [4.78, 5) is 40.6. The number of H-pyrrole nitrogens is 1. The molecule has 0 bridgehead atoms. The quantitative estimate of drug-likeness (QED) is 0.347. The Morgan fingerprint density at radius 3 is 2.76 bits per heavy atom. The zero-order valence-electron chi connectivity index (χ0n) is 20.4. The Balaban J connectivity index is 1.85. The second-order valence-corrected chi connectivity index (χ2v) is 8.98. The van der Waals surface area contributed by atoms with Gasteiger partial charge in [0.15, 0.2) is 0 Å². The number of aromatic amines is 1. The molecule has 0 fully saturated rings. The number of nitrogens with one attached hydrogen (secondary N) is 2. The van der Waals surface area contributed by atoms with Gasteiger partial charge in [-0.15, -0.1) is 0 Å². The number of amides is 1. The first-order valence-electron chi connectivity index (χ1n) is 11.9. The van der Waals surface area contributed by atoms with E-state index in [0.717, 1.165) is 0 Å². The second kappa shape index (κ2) is 9.62. The second-order valence-electron chi connectivity index (χ2n) is 8.98. The Labute approximate surface area is 215 Å². The normalized spacial score (nSPS) is 12.6. The van der Waals surface area contributed by atoms with Crippen LogP contribution in [0.5, 0.6) is 5.75 Å². The molecule has 1 amide bonds. The topological polar surface area (TPSA) is 113 Å². The van der Waals surface area contributed by atoms with E-state index >= 15 is 8.78 Å². The monoisotopic (exact) mass is 519 g/mol. The maximum absolute atomic E-state index is 15.3. The molecule has 10 heteroatoms. The van der Waals surface area contributed by atoms with E-state index in [9.17, 15) is 19.5 Å². The van der Waals surface area contributed by atoms with Gasteiger partial charge in [0.05, 0.1) is 29.6 Å². The van der Waals surface area contributed by atoms with Gasteiger partial charge in [-0.2, -0.15) is 0 Å². The zero-order chi connectivity index (χ0) is 27.1. The number of carboxylic acids is 1. The van der Waals surface area contributed by atoms with Gasteiger partial charge in [-0.1, -0.05) is 6.58 Å². The summed E-state index contributed by atoms with van der Waals surface area (Å²) in [5.41, 5.74) is 0.150. The Morgan fingerprint density at radius 2 is 2.05 bits per heavy atom. The highest BCUT2D eigenvalue weighted by Crippen LogP contribution is 2.44. The molecule has 38 heavy (non-hydrogen) atoms. The first-order chi connectivity index (χ1) is 18.2. The maximum atomic E-state index is 15.3. The molecule has 1 aliphatic rings. The number of nitrogens with zero attached hydrogens (tertiary/aromatic N) is 1. The fraction of sp³-hybridized carbons (Fsp3) is 0.179. The van der Waals surface area contributed by atoms with Crippen molar-refractivity contribution >= 4 is 22.8 Å². The molecule has 3 N–H and O–H groups in total. The highest BCUT2D eigenvalue weighted by Gasteiger charge is 2.31. The number of carboxylic acid groups (broad SMARTS) is 1. The average Bonchev–Trinajstić information content (AvgIpc) is 3.20. The van der Waals surface area contributed by atoms with Crippen LogP contribution >= 0.6 is 0 Å². The minimum atomic E-state index is -1.40. The molecule has 5 rings (SSSR count). The summed E-state index contributed by atoms with van der Waals surface area (Å²) in [5.74, 6) is -3.01. The Bertz CT molecular complexity index is 1700. The van der Waals surface area contributed by atoms with E-state index in [1.807, 2.05) is 0 Å². The van der Waals surface area contributed by atoms with Crippen LogP contribution in [0.4, 0.5) is 8.78 Å². The van der Waals surface area contributed by atoms with E-state index in [1.54, 1.807) is 13.0 Å². The zero-order valence-corrected chi connectivity index (χ0v) is 20.4. The molecular formula is C28H23F2N3O5. The SMILES string of the molecule is C=CNC(=O)c1cc(Cn2c(C(=O)O)c(-c3ccc[nH]c3=O)c3c4c(c(F)cc32)CCCO4)c(F)cc1C. The van der Waals surface area contributed by atoms with Gasteiger partial charge in [-0.25, -0.2) is 13.6 Å². The van der Waals surface area contributed by atoms with Gasteiger partial charge in [0, 0.05) is 28.5 Å². The Hall–Kier alpha value is -4.73. The van der Waals surface area contributed by atoms with Crippen molar-refractivity contribution in [3.05, 3.63) is 99.2 Å². The maximum Gasteiger partial charge on any atom is 0.353 e. The van der Waals surface area contributed by atoms with Gasteiger partial charge in [0.1, 0.15) is 23.1 Å². The van der Waals surface area contributed by atoms with E-state index in [4.69, 9.17) is 4.74 Å². The van der Waals surface area contributed by atoms with Crippen LogP contribution in [0.1, 0.15) is 44.0 Å². The van der Waals surface area contributed by atoms with Crippen LogP contribution < -0.4 is 15.6 Å². The number of pyridine rings is 1. The van der Waals surface area contributed by atoms with E-state index in [1.165, 1.54) is 41.2 Å². The van der Waals surface area contributed by atoms with Gasteiger partial charge < -0.3 is 24.7 Å². The predicted molar refractivity (Wildman–Crippen MR) is 137 cm³/mol. The summed E-state index contributed by atoms with van der Waals surface area (Å²) < 4.78 is 37.5. The van der Waals surface area contributed by atoms with Crippen molar-refractivity contribution in [2.75, 3.05) is 6.61 Å². The summed E-state index contributed by atoms with van der Waals surface area (Å²) in [6.07, 6.45) is 3.56. The summed E-state index contributed by atoms with van der Waals surface area (Å²) in [6.45, 7) is 4.96. The molecule has 0 saturated carbocycles. The first-order valence-corrected chi connectivity index (χ1v) is 11.9. The minimum absolute atomic E-state index is 0.00298. The third-order valence-corrected chi connectivity index (χ3v) is 6.66. The molecule has 194 valence electrons. The number of hydrogen-bond acceptors (Lipinski definition) is 4. The average molecular weight is 520 g/mol.